The Kier molecular flexibility index (Phi) is 2.92. The normalized spacial score (nSPS) is 30.1. The zero-order valence-electron chi connectivity index (χ0n) is 8.78. The monoisotopic (exact) mass is 193 g/mol. The van der Waals surface area contributed by atoms with Gasteiger partial charge in [0.15, 0.2) is 0 Å². The van der Waals surface area contributed by atoms with E-state index in [-0.39, 0.29) is 6.04 Å². The van der Waals surface area contributed by atoms with Gasteiger partial charge in [-0.2, -0.15) is 0 Å². The van der Waals surface area contributed by atoms with Gasteiger partial charge in [-0.1, -0.05) is 19.8 Å². The smallest absolute Gasteiger partial charge is 0.120 e. The van der Waals surface area contributed by atoms with Crippen LogP contribution < -0.4 is 5.73 Å². The first-order chi connectivity index (χ1) is 6.77. The van der Waals surface area contributed by atoms with Gasteiger partial charge in [-0.25, -0.2) is 0 Å². The van der Waals surface area contributed by atoms with Gasteiger partial charge >= 0.3 is 0 Å². The molecule has 1 aliphatic rings. The Hall–Kier alpha value is -0.760. The predicted octanol–water partition coefficient (Wildman–Crippen LogP) is 3.11. The molecule has 1 aromatic rings. The van der Waals surface area contributed by atoms with Crippen molar-refractivity contribution in [3.63, 3.8) is 0 Å². The van der Waals surface area contributed by atoms with Crippen molar-refractivity contribution < 1.29 is 4.42 Å². The van der Waals surface area contributed by atoms with E-state index in [1.807, 2.05) is 12.1 Å². The van der Waals surface area contributed by atoms with Gasteiger partial charge in [-0.15, -0.1) is 0 Å². The molecule has 0 bridgehead atoms. The molecule has 0 radical (unpaired) electrons. The molecule has 2 heteroatoms. The molecule has 3 atom stereocenters. The van der Waals surface area contributed by atoms with Crippen LogP contribution in [-0.2, 0) is 0 Å². The van der Waals surface area contributed by atoms with E-state index < -0.39 is 0 Å². The molecule has 0 spiro atoms. The van der Waals surface area contributed by atoms with Crippen LogP contribution in [0.3, 0.4) is 0 Å². The Morgan fingerprint density at radius 2 is 2.36 bits per heavy atom. The molecule has 0 amide bonds. The van der Waals surface area contributed by atoms with Crippen molar-refractivity contribution in [2.45, 2.75) is 38.6 Å². The maximum absolute atomic E-state index is 6.18. The Labute approximate surface area is 85.5 Å². The largest absolute Gasteiger partial charge is 0.468 e. The van der Waals surface area contributed by atoms with Crippen LogP contribution in [0.5, 0.6) is 0 Å². The van der Waals surface area contributed by atoms with Gasteiger partial charge in [0, 0.05) is 0 Å². The van der Waals surface area contributed by atoms with Gasteiger partial charge in [0.1, 0.15) is 5.76 Å². The second-order valence-electron chi connectivity index (χ2n) is 4.57. The Bertz CT molecular complexity index is 268. The minimum Gasteiger partial charge on any atom is -0.468 e. The van der Waals surface area contributed by atoms with E-state index >= 15 is 0 Å². The summed E-state index contributed by atoms with van der Waals surface area (Å²) in [5.74, 6) is 2.39. The van der Waals surface area contributed by atoms with E-state index in [9.17, 15) is 0 Å². The van der Waals surface area contributed by atoms with Crippen LogP contribution in [0, 0.1) is 11.8 Å². The highest BCUT2D eigenvalue weighted by Crippen LogP contribution is 2.35. The van der Waals surface area contributed by atoms with Crippen LogP contribution in [0.15, 0.2) is 22.8 Å². The molecule has 2 rings (SSSR count). The van der Waals surface area contributed by atoms with Crippen LogP contribution in [0.4, 0.5) is 0 Å². The summed E-state index contributed by atoms with van der Waals surface area (Å²) in [7, 11) is 0. The van der Waals surface area contributed by atoms with E-state index in [2.05, 4.69) is 6.92 Å². The topological polar surface area (TPSA) is 39.2 Å². The Morgan fingerprint density at radius 3 is 3.00 bits per heavy atom. The molecule has 2 nitrogen and oxygen atoms in total. The van der Waals surface area contributed by atoms with E-state index in [0.29, 0.717) is 5.92 Å². The van der Waals surface area contributed by atoms with Crippen molar-refractivity contribution in [2.75, 3.05) is 0 Å². The fraction of sp³-hybridized carbons (Fsp3) is 0.667. The van der Waals surface area contributed by atoms with Gasteiger partial charge in [-0.3, -0.25) is 0 Å². The first-order valence-electron chi connectivity index (χ1n) is 5.56. The van der Waals surface area contributed by atoms with Crippen molar-refractivity contribution in [3.8, 4) is 0 Å². The lowest BCUT2D eigenvalue weighted by Gasteiger charge is -2.30. The first kappa shape index (κ1) is 9.78. The molecule has 1 aliphatic carbocycles. The van der Waals surface area contributed by atoms with Crippen molar-refractivity contribution >= 4 is 0 Å². The molecule has 0 aromatic carbocycles. The summed E-state index contributed by atoms with van der Waals surface area (Å²) in [4.78, 5) is 0. The summed E-state index contributed by atoms with van der Waals surface area (Å²) in [6, 6.07) is 4.01. The molecule has 1 aromatic heterocycles. The lowest BCUT2D eigenvalue weighted by molar-refractivity contribution is 0.231. The van der Waals surface area contributed by atoms with Crippen LogP contribution >= 0.6 is 0 Å². The maximum Gasteiger partial charge on any atom is 0.120 e. The average molecular weight is 193 g/mol. The fourth-order valence-electron chi connectivity index (χ4n) is 2.52. The van der Waals surface area contributed by atoms with Crippen molar-refractivity contribution in [3.05, 3.63) is 24.2 Å². The van der Waals surface area contributed by atoms with E-state index in [4.69, 9.17) is 10.2 Å². The van der Waals surface area contributed by atoms with Gasteiger partial charge in [0.05, 0.1) is 12.3 Å². The number of hydrogen-bond donors (Lipinski definition) is 1. The minimum absolute atomic E-state index is 0.104. The fourth-order valence-corrected chi connectivity index (χ4v) is 2.52. The van der Waals surface area contributed by atoms with E-state index in [1.54, 1.807) is 6.26 Å². The predicted molar refractivity (Wildman–Crippen MR) is 56.8 cm³/mol. The maximum atomic E-state index is 6.18. The first-order valence-corrected chi connectivity index (χ1v) is 5.56. The summed E-state index contributed by atoms with van der Waals surface area (Å²) < 4.78 is 5.36. The van der Waals surface area contributed by atoms with Gasteiger partial charge in [0.2, 0.25) is 0 Å². The summed E-state index contributed by atoms with van der Waals surface area (Å²) >= 11 is 0. The van der Waals surface area contributed by atoms with Gasteiger partial charge in [-0.05, 0) is 36.8 Å². The highest BCUT2D eigenvalue weighted by molar-refractivity contribution is 5.05. The summed E-state index contributed by atoms with van der Waals surface area (Å²) in [6.07, 6.45) is 6.90. The summed E-state index contributed by atoms with van der Waals surface area (Å²) in [6.45, 7) is 2.32. The average Bonchev–Trinajstić information content (AvgIpc) is 2.69. The van der Waals surface area contributed by atoms with Gasteiger partial charge in [0.25, 0.3) is 0 Å². The molecule has 0 saturated heterocycles. The van der Waals surface area contributed by atoms with Crippen LogP contribution in [0.2, 0.25) is 0 Å². The number of furan rings is 1. The highest BCUT2D eigenvalue weighted by Gasteiger charge is 2.26. The number of hydrogen-bond acceptors (Lipinski definition) is 2. The standard InChI is InChI=1S/C12H19NO/c1-9-4-2-5-10(8-9)12(13)11-6-3-7-14-11/h3,6-7,9-10,12H,2,4-5,8,13H2,1H3. The number of rotatable bonds is 2. The minimum atomic E-state index is 0.104. The van der Waals surface area contributed by atoms with Crippen molar-refractivity contribution in [1.82, 2.24) is 0 Å². The molecule has 14 heavy (non-hydrogen) atoms. The molecule has 3 unspecified atom stereocenters. The zero-order valence-corrected chi connectivity index (χ0v) is 8.78. The lowest BCUT2D eigenvalue weighted by atomic mass is 9.78. The number of nitrogens with two attached hydrogens (primary N) is 1. The summed E-state index contributed by atoms with van der Waals surface area (Å²) in [5.41, 5.74) is 6.18. The van der Waals surface area contributed by atoms with Crippen LogP contribution in [0.25, 0.3) is 0 Å². The molecule has 2 N–H and O–H groups in total. The summed E-state index contributed by atoms with van der Waals surface area (Å²) in [5, 5.41) is 0. The van der Waals surface area contributed by atoms with E-state index in [1.165, 1.54) is 25.7 Å². The molecular formula is C12H19NO. The van der Waals surface area contributed by atoms with Crippen molar-refractivity contribution in [1.29, 1.82) is 0 Å². The quantitative estimate of drug-likeness (QED) is 0.783. The molecule has 1 fully saturated rings. The van der Waals surface area contributed by atoms with Gasteiger partial charge < -0.3 is 10.2 Å². The zero-order chi connectivity index (χ0) is 9.97. The third-order valence-corrected chi connectivity index (χ3v) is 3.36. The molecule has 78 valence electrons. The highest BCUT2D eigenvalue weighted by atomic mass is 16.3. The molecule has 0 aliphatic heterocycles. The Balaban J connectivity index is 2.00. The molecule has 1 heterocycles. The second kappa shape index (κ2) is 4.18. The third kappa shape index (κ3) is 2.01. The van der Waals surface area contributed by atoms with Crippen LogP contribution in [-0.4, -0.2) is 0 Å². The SMILES string of the molecule is CC1CCCC(C(N)c2ccco2)C1. The lowest BCUT2D eigenvalue weighted by Crippen LogP contribution is -2.25. The van der Waals surface area contributed by atoms with Crippen molar-refractivity contribution in [2.24, 2.45) is 17.6 Å². The molecule has 1 saturated carbocycles. The second-order valence-corrected chi connectivity index (χ2v) is 4.57. The molecular weight excluding hydrogens is 174 g/mol. The van der Waals surface area contributed by atoms with Crippen LogP contribution in [0.1, 0.15) is 44.4 Å². The Morgan fingerprint density at radius 1 is 1.50 bits per heavy atom. The third-order valence-electron chi connectivity index (χ3n) is 3.36. The van der Waals surface area contributed by atoms with E-state index in [0.717, 1.165) is 11.7 Å².